The van der Waals surface area contributed by atoms with E-state index < -0.39 is 0 Å². The van der Waals surface area contributed by atoms with Crippen LogP contribution in [0.2, 0.25) is 0 Å². The number of nitrogens with zero attached hydrogens (tertiary/aromatic N) is 3. The van der Waals surface area contributed by atoms with Gasteiger partial charge in [-0.1, -0.05) is 5.16 Å². The first kappa shape index (κ1) is 16.5. The Balaban J connectivity index is 0.00000256. The molecule has 0 amide bonds. The van der Waals surface area contributed by atoms with Crippen molar-refractivity contribution in [2.45, 2.75) is 13.5 Å². The van der Waals surface area contributed by atoms with Crippen molar-refractivity contribution in [1.29, 1.82) is 0 Å². The molecule has 0 aliphatic rings. The van der Waals surface area contributed by atoms with E-state index in [-0.39, 0.29) is 24.0 Å². The standard InChI is InChI=1S/C9H17N5OS.HI/c1-7-13-8(15-14-7)6-12-9(10-2)11-4-5-16-3;/h4-6H2,1-3H3,(H2,10,11,12);1H. The molecule has 6 nitrogen and oxygen atoms in total. The molecule has 2 N–H and O–H groups in total. The Hall–Kier alpha value is -0.510. The minimum absolute atomic E-state index is 0. The van der Waals surface area contributed by atoms with Crippen LogP contribution in [0, 0.1) is 6.92 Å². The van der Waals surface area contributed by atoms with Gasteiger partial charge in [-0.15, -0.1) is 24.0 Å². The number of hydrogen-bond acceptors (Lipinski definition) is 5. The molecule has 0 radical (unpaired) electrons. The van der Waals surface area contributed by atoms with E-state index in [1.54, 1.807) is 25.7 Å². The van der Waals surface area contributed by atoms with Crippen molar-refractivity contribution < 1.29 is 4.52 Å². The second kappa shape index (κ2) is 9.51. The van der Waals surface area contributed by atoms with Gasteiger partial charge in [0.15, 0.2) is 11.8 Å². The average molecular weight is 371 g/mol. The van der Waals surface area contributed by atoms with Crippen LogP contribution < -0.4 is 10.6 Å². The Morgan fingerprint density at radius 3 is 2.76 bits per heavy atom. The number of rotatable bonds is 5. The van der Waals surface area contributed by atoms with E-state index in [9.17, 15) is 0 Å². The van der Waals surface area contributed by atoms with E-state index in [0.717, 1.165) is 18.3 Å². The molecule has 0 fully saturated rings. The molecule has 1 heterocycles. The Morgan fingerprint density at radius 2 is 2.24 bits per heavy atom. The maximum absolute atomic E-state index is 4.97. The molecule has 17 heavy (non-hydrogen) atoms. The highest BCUT2D eigenvalue weighted by molar-refractivity contribution is 14.0. The SMILES string of the molecule is CN=C(NCCSC)NCc1nc(C)no1.I. The van der Waals surface area contributed by atoms with E-state index in [1.807, 2.05) is 0 Å². The van der Waals surface area contributed by atoms with E-state index in [0.29, 0.717) is 18.3 Å². The van der Waals surface area contributed by atoms with Gasteiger partial charge in [-0.2, -0.15) is 16.7 Å². The zero-order valence-corrected chi connectivity index (χ0v) is 13.3. The van der Waals surface area contributed by atoms with Crippen molar-refractivity contribution in [3.63, 3.8) is 0 Å². The molecule has 0 aromatic carbocycles. The third-order valence-corrected chi connectivity index (χ3v) is 2.41. The summed E-state index contributed by atoms with van der Waals surface area (Å²) in [5.41, 5.74) is 0. The predicted octanol–water partition coefficient (Wildman–Crippen LogP) is 1.02. The summed E-state index contributed by atoms with van der Waals surface area (Å²) in [6, 6.07) is 0. The highest BCUT2D eigenvalue weighted by Gasteiger charge is 2.03. The number of aryl methyl sites for hydroxylation is 1. The lowest BCUT2D eigenvalue weighted by Crippen LogP contribution is -2.38. The summed E-state index contributed by atoms with van der Waals surface area (Å²) in [6.07, 6.45) is 2.07. The van der Waals surface area contributed by atoms with Gasteiger partial charge in [-0.25, -0.2) is 0 Å². The molecule has 0 bridgehead atoms. The summed E-state index contributed by atoms with van der Waals surface area (Å²) < 4.78 is 4.97. The van der Waals surface area contributed by atoms with Crippen LogP contribution in [0.5, 0.6) is 0 Å². The second-order valence-corrected chi connectivity index (χ2v) is 4.07. The molecule has 98 valence electrons. The van der Waals surface area contributed by atoms with Gasteiger partial charge >= 0.3 is 0 Å². The number of nitrogens with one attached hydrogen (secondary N) is 2. The van der Waals surface area contributed by atoms with Crippen LogP contribution in [-0.4, -0.2) is 41.7 Å². The second-order valence-electron chi connectivity index (χ2n) is 3.08. The fourth-order valence-corrected chi connectivity index (χ4v) is 1.37. The maximum Gasteiger partial charge on any atom is 0.246 e. The molecule has 0 saturated carbocycles. The van der Waals surface area contributed by atoms with Gasteiger partial charge in [0.1, 0.15) is 0 Å². The van der Waals surface area contributed by atoms with Crippen LogP contribution >= 0.6 is 35.7 Å². The first-order valence-corrected chi connectivity index (χ1v) is 6.38. The van der Waals surface area contributed by atoms with Crippen LogP contribution in [0.1, 0.15) is 11.7 Å². The number of halogens is 1. The molecular weight excluding hydrogens is 353 g/mol. The smallest absolute Gasteiger partial charge is 0.246 e. The van der Waals surface area contributed by atoms with Crippen molar-refractivity contribution in [1.82, 2.24) is 20.8 Å². The summed E-state index contributed by atoms with van der Waals surface area (Å²) in [4.78, 5) is 8.16. The molecule has 1 aromatic heterocycles. The average Bonchev–Trinajstić information content (AvgIpc) is 2.69. The minimum Gasteiger partial charge on any atom is -0.356 e. The molecule has 1 aromatic rings. The first-order valence-electron chi connectivity index (χ1n) is 4.99. The number of guanidine groups is 1. The van der Waals surface area contributed by atoms with Crippen LogP contribution in [0.25, 0.3) is 0 Å². The molecule has 0 spiro atoms. The topological polar surface area (TPSA) is 75.3 Å². The van der Waals surface area contributed by atoms with E-state index >= 15 is 0 Å². The van der Waals surface area contributed by atoms with Crippen molar-refractivity contribution >= 4 is 41.7 Å². The van der Waals surface area contributed by atoms with Crippen molar-refractivity contribution in [2.75, 3.05) is 25.6 Å². The summed E-state index contributed by atoms with van der Waals surface area (Å²) in [5, 5.41) is 9.97. The zero-order chi connectivity index (χ0) is 11.8. The normalized spacial score (nSPS) is 10.9. The van der Waals surface area contributed by atoms with Gasteiger partial charge in [0, 0.05) is 19.3 Å². The number of thioether (sulfide) groups is 1. The molecule has 0 aliphatic carbocycles. The van der Waals surface area contributed by atoms with Crippen LogP contribution in [0.15, 0.2) is 9.52 Å². The van der Waals surface area contributed by atoms with Crippen molar-refractivity contribution in [2.24, 2.45) is 4.99 Å². The Morgan fingerprint density at radius 1 is 1.47 bits per heavy atom. The summed E-state index contributed by atoms with van der Waals surface area (Å²) >= 11 is 1.79. The van der Waals surface area contributed by atoms with Crippen LogP contribution in [0.3, 0.4) is 0 Å². The molecule has 0 unspecified atom stereocenters. The molecule has 8 heteroatoms. The lowest BCUT2D eigenvalue weighted by atomic mass is 10.6. The number of hydrogen-bond donors (Lipinski definition) is 2. The predicted molar refractivity (Wildman–Crippen MR) is 81.0 cm³/mol. The van der Waals surface area contributed by atoms with Crippen molar-refractivity contribution in [3.8, 4) is 0 Å². The quantitative estimate of drug-likeness (QED) is 0.349. The molecule has 0 saturated heterocycles. The summed E-state index contributed by atoms with van der Waals surface area (Å²) in [5.74, 6) is 2.98. The van der Waals surface area contributed by atoms with E-state index in [1.165, 1.54) is 0 Å². The van der Waals surface area contributed by atoms with Gasteiger partial charge in [0.05, 0.1) is 6.54 Å². The van der Waals surface area contributed by atoms with Gasteiger partial charge < -0.3 is 15.2 Å². The maximum atomic E-state index is 4.97. The Kier molecular flexibility index (Phi) is 9.23. The van der Waals surface area contributed by atoms with Crippen LogP contribution in [-0.2, 0) is 6.54 Å². The van der Waals surface area contributed by atoms with Crippen molar-refractivity contribution in [3.05, 3.63) is 11.7 Å². The van der Waals surface area contributed by atoms with E-state index in [4.69, 9.17) is 4.52 Å². The lowest BCUT2D eigenvalue weighted by molar-refractivity contribution is 0.371. The van der Waals surface area contributed by atoms with Crippen LogP contribution in [0.4, 0.5) is 0 Å². The van der Waals surface area contributed by atoms with Gasteiger partial charge in [-0.3, -0.25) is 4.99 Å². The fraction of sp³-hybridized carbons (Fsp3) is 0.667. The third kappa shape index (κ3) is 6.71. The third-order valence-electron chi connectivity index (χ3n) is 1.80. The first-order chi connectivity index (χ1) is 7.76. The molecular formula is C9H18IN5OS. The Labute approximate surface area is 122 Å². The minimum atomic E-state index is 0. The molecule has 1 rings (SSSR count). The molecule has 0 aliphatic heterocycles. The van der Waals surface area contributed by atoms with Gasteiger partial charge in [-0.05, 0) is 13.2 Å². The van der Waals surface area contributed by atoms with Gasteiger partial charge in [0.2, 0.25) is 5.89 Å². The van der Waals surface area contributed by atoms with E-state index in [2.05, 4.69) is 32.0 Å². The monoisotopic (exact) mass is 371 g/mol. The van der Waals surface area contributed by atoms with Gasteiger partial charge in [0.25, 0.3) is 0 Å². The number of aliphatic imine (C=N–C) groups is 1. The lowest BCUT2D eigenvalue weighted by Gasteiger charge is -2.09. The fourth-order valence-electron chi connectivity index (χ4n) is 1.06. The highest BCUT2D eigenvalue weighted by atomic mass is 127. The zero-order valence-electron chi connectivity index (χ0n) is 10.2. The summed E-state index contributed by atoms with van der Waals surface area (Å²) in [6.45, 7) is 3.15. The highest BCUT2D eigenvalue weighted by Crippen LogP contribution is 1.94. The summed E-state index contributed by atoms with van der Waals surface area (Å²) in [7, 11) is 1.73. The number of aromatic nitrogens is 2. The Bertz CT molecular complexity index is 344. The largest absolute Gasteiger partial charge is 0.356 e. The molecule has 0 atom stereocenters.